The van der Waals surface area contributed by atoms with Crippen LogP contribution in [0.1, 0.15) is 21.5 Å². The standard InChI is InChI=1S/C16H14N2O2/c1-12-9-13(5-4-8-19)11-14(10-12)16(20)18-15-6-2-3-7-17-15/h2-3,6-7,9-11,19H,8H2,1H3,(H,17,18,20). The number of hydrogen-bond acceptors (Lipinski definition) is 3. The molecule has 0 atom stereocenters. The van der Waals surface area contributed by atoms with Crippen LogP contribution in [0.4, 0.5) is 5.82 Å². The lowest BCUT2D eigenvalue weighted by molar-refractivity contribution is 0.102. The summed E-state index contributed by atoms with van der Waals surface area (Å²) in [6.45, 7) is 1.69. The molecule has 1 aromatic carbocycles. The number of pyridine rings is 1. The Morgan fingerprint density at radius 1 is 1.35 bits per heavy atom. The molecule has 2 N–H and O–H groups in total. The molecule has 1 heterocycles. The first-order valence-corrected chi connectivity index (χ1v) is 6.13. The van der Waals surface area contributed by atoms with E-state index >= 15 is 0 Å². The average Bonchev–Trinajstić information content (AvgIpc) is 2.45. The van der Waals surface area contributed by atoms with E-state index in [2.05, 4.69) is 22.1 Å². The minimum atomic E-state index is -0.237. The Morgan fingerprint density at radius 2 is 2.20 bits per heavy atom. The average molecular weight is 266 g/mol. The van der Waals surface area contributed by atoms with Gasteiger partial charge in [0, 0.05) is 17.3 Å². The minimum Gasteiger partial charge on any atom is -0.384 e. The molecule has 0 saturated heterocycles. The van der Waals surface area contributed by atoms with Gasteiger partial charge in [-0.2, -0.15) is 0 Å². The second-order valence-electron chi connectivity index (χ2n) is 4.22. The zero-order valence-electron chi connectivity index (χ0n) is 11.1. The van der Waals surface area contributed by atoms with Gasteiger partial charge in [0.1, 0.15) is 12.4 Å². The zero-order chi connectivity index (χ0) is 14.4. The fourth-order valence-electron chi connectivity index (χ4n) is 1.75. The number of hydrogen-bond donors (Lipinski definition) is 2. The van der Waals surface area contributed by atoms with Gasteiger partial charge in [-0.15, -0.1) is 0 Å². The van der Waals surface area contributed by atoms with Crippen LogP contribution in [0.15, 0.2) is 42.6 Å². The lowest BCUT2D eigenvalue weighted by Crippen LogP contribution is -2.13. The number of benzene rings is 1. The monoisotopic (exact) mass is 266 g/mol. The summed E-state index contributed by atoms with van der Waals surface area (Å²) < 4.78 is 0. The van der Waals surface area contributed by atoms with Crippen LogP contribution in [-0.2, 0) is 0 Å². The molecular weight excluding hydrogens is 252 g/mol. The molecule has 0 unspecified atom stereocenters. The minimum absolute atomic E-state index is 0.205. The first-order chi connectivity index (χ1) is 9.69. The molecule has 0 bridgehead atoms. The molecule has 0 aliphatic carbocycles. The number of carbonyl (C=O) groups excluding carboxylic acids is 1. The highest BCUT2D eigenvalue weighted by Gasteiger charge is 2.08. The van der Waals surface area contributed by atoms with Crippen LogP contribution in [-0.4, -0.2) is 22.6 Å². The Hall–Kier alpha value is -2.64. The van der Waals surface area contributed by atoms with Crippen molar-refractivity contribution in [2.45, 2.75) is 6.92 Å². The van der Waals surface area contributed by atoms with Gasteiger partial charge in [-0.3, -0.25) is 4.79 Å². The lowest BCUT2D eigenvalue weighted by atomic mass is 10.1. The molecule has 4 nitrogen and oxygen atoms in total. The van der Waals surface area contributed by atoms with Gasteiger partial charge in [0.15, 0.2) is 0 Å². The van der Waals surface area contributed by atoms with E-state index in [1.54, 1.807) is 36.5 Å². The van der Waals surface area contributed by atoms with Gasteiger partial charge in [-0.05, 0) is 42.8 Å². The molecule has 0 radical (unpaired) electrons. The maximum atomic E-state index is 12.1. The van der Waals surface area contributed by atoms with E-state index in [-0.39, 0.29) is 12.5 Å². The summed E-state index contributed by atoms with van der Waals surface area (Å²) in [4.78, 5) is 16.2. The number of anilines is 1. The van der Waals surface area contributed by atoms with Crippen molar-refractivity contribution in [2.24, 2.45) is 0 Å². The number of aromatic nitrogens is 1. The summed E-state index contributed by atoms with van der Waals surface area (Å²) in [6, 6.07) is 10.6. The summed E-state index contributed by atoms with van der Waals surface area (Å²) in [5.74, 6) is 5.63. The molecule has 0 spiro atoms. The molecule has 0 saturated carbocycles. The van der Waals surface area contributed by atoms with Gasteiger partial charge >= 0.3 is 0 Å². The van der Waals surface area contributed by atoms with Crippen LogP contribution in [0.5, 0.6) is 0 Å². The number of carbonyl (C=O) groups is 1. The highest BCUT2D eigenvalue weighted by atomic mass is 16.2. The SMILES string of the molecule is Cc1cc(C#CCO)cc(C(=O)Nc2ccccn2)c1. The van der Waals surface area contributed by atoms with Crippen LogP contribution in [0.3, 0.4) is 0 Å². The van der Waals surface area contributed by atoms with Crippen molar-refractivity contribution >= 4 is 11.7 Å². The van der Waals surface area contributed by atoms with Crippen LogP contribution in [0, 0.1) is 18.8 Å². The van der Waals surface area contributed by atoms with Crippen LogP contribution >= 0.6 is 0 Å². The summed E-state index contributed by atoms with van der Waals surface area (Å²) in [5, 5.41) is 11.4. The second kappa shape index (κ2) is 6.50. The summed E-state index contributed by atoms with van der Waals surface area (Å²) in [6.07, 6.45) is 1.62. The molecule has 4 heteroatoms. The van der Waals surface area contributed by atoms with Gasteiger partial charge < -0.3 is 10.4 Å². The third-order valence-corrected chi connectivity index (χ3v) is 2.56. The first kappa shape index (κ1) is 13.8. The molecule has 2 rings (SSSR count). The summed E-state index contributed by atoms with van der Waals surface area (Å²) in [7, 11) is 0. The van der Waals surface area contributed by atoms with Gasteiger partial charge in [-0.1, -0.05) is 17.9 Å². The first-order valence-electron chi connectivity index (χ1n) is 6.13. The van der Waals surface area contributed by atoms with Crippen LogP contribution < -0.4 is 5.32 Å². The maximum absolute atomic E-state index is 12.1. The zero-order valence-corrected chi connectivity index (χ0v) is 11.1. The number of aliphatic hydroxyl groups is 1. The van der Waals surface area contributed by atoms with E-state index in [0.717, 1.165) is 5.56 Å². The normalized spacial score (nSPS) is 9.50. The highest BCUT2D eigenvalue weighted by Crippen LogP contribution is 2.11. The van der Waals surface area contributed by atoms with Crippen molar-refractivity contribution < 1.29 is 9.90 Å². The van der Waals surface area contributed by atoms with E-state index in [4.69, 9.17) is 5.11 Å². The molecule has 0 aliphatic heterocycles. The van der Waals surface area contributed by atoms with E-state index < -0.39 is 0 Å². The smallest absolute Gasteiger partial charge is 0.256 e. The molecule has 2 aromatic rings. The van der Waals surface area contributed by atoms with Gasteiger partial charge in [-0.25, -0.2) is 4.98 Å². The van der Waals surface area contributed by atoms with Crippen molar-refractivity contribution in [3.63, 3.8) is 0 Å². The molecule has 100 valence electrons. The molecule has 0 fully saturated rings. The molecule has 20 heavy (non-hydrogen) atoms. The third kappa shape index (κ3) is 3.67. The Labute approximate surface area is 117 Å². The van der Waals surface area contributed by atoms with Gasteiger partial charge in [0.2, 0.25) is 0 Å². The summed E-state index contributed by atoms with van der Waals surface area (Å²) >= 11 is 0. The number of rotatable bonds is 2. The topological polar surface area (TPSA) is 62.2 Å². The fraction of sp³-hybridized carbons (Fsp3) is 0.125. The van der Waals surface area contributed by atoms with Crippen molar-refractivity contribution in [3.05, 3.63) is 59.3 Å². The number of aliphatic hydroxyl groups excluding tert-OH is 1. The predicted octanol–water partition coefficient (Wildman–Crippen LogP) is 1.99. The second-order valence-corrected chi connectivity index (χ2v) is 4.22. The number of amides is 1. The van der Waals surface area contributed by atoms with E-state index in [1.165, 1.54) is 0 Å². The molecule has 0 aliphatic rings. The van der Waals surface area contributed by atoms with E-state index in [9.17, 15) is 4.79 Å². The third-order valence-electron chi connectivity index (χ3n) is 2.56. The van der Waals surface area contributed by atoms with Crippen molar-refractivity contribution in [1.29, 1.82) is 0 Å². The van der Waals surface area contributed by atoms with Crippen molar-refractivity contribution in [1.82, 2.24) is 4.98 Å². The number of nitrogens with zero attached hydrogens (tertiary/aromatic N) is 1. The fourth-order valence-corrected chi connectivity index (χ4v) is 1.75. The van der Waals surface area contributed by atoms with Crippen LogP contribution in [0.25, 0.3) is 0 Å². The number of aryl methyl sites for hydroxylation is 1. The van der Waals surface area contributed by atoms with Gasteiger partial charge in [0.25, 0.3) is 5.91 Å². The van der Waals surface area contributed by atoms with E-state index in [0.29, 0.717) is 16.9 Å². The van der Waals surface area contributed by atoms with E-state index in [1.807, 2.05) is 13.0 Å². The number of nitrogens with one attached hydrogen (secondary N) is 1. The molecular formula is C16H14N2O2. The highest BCUT2D eigenvalue weighted by molar-refractivity contribution is 6.04. The maximum Gasteiger partial charge on any atom is 0.256 e. The Balaban J connectivity index is 2.23. The Kier molecular flexibility index (Phi) is 4.48. The summed E-state index contributed by atoms with van der Waals surface area (Å²) in [5.41, 5.74) is 2.14. The quantitative estimate of drug-likeness (QED) is 0.817. The van der Waals surface area contributed by atoms with Crippen LogP contribution in [0.2, 0.25) is 0 Å². The molecule has 1 amide bonds. The van der Waals surface area contributed by atoms with Crippen molar-refractivity contribution in [3.8, 4) is 11.8 Å². The van der Waals surface area contributed by atoms with Crippen molar-refractivity contribution in [2.75, 3.05) is 11.9 Å². The Bertz CT molecular complexity index is 670. The molecule has 1 aromatic heterocycles. The predicted molar refractivity (Wildman–Crippen MR) is 77.3 cm³/mol. The Morgan fingerprint density at radius 3 is 2.90 bits per heavy atom. The largest absolute Gasteiger partial charge is 0.384 e. The van der Waals surface area contributed by atoms with Gasteiger partial charge in [0.05, 0.1) is 0 Å². The lowest BCUT2D eigenvalue weighted by Gasteiger charge is -2.05.